The predicted octanol–water partition coefficient (Wildman–Crippen LogP) is 2.57. The standard InChI is InChI=1S/C20H20ClN3O6S/c1-3-24(30-2)31(28,29)20-13(21)9-10-14(17(20)25)23-16-15(18(26)19(16)27)22-11-12-7-5-4-6-8-12/h4-10,22-23,25H,3,11H2,1-2H3. The van der Waals surface area contributed by atoms with Crippen LogP contribution >= 0.6 is 11.6 Å². The average molecular weight is 466 g/mol. The van der Waals surface area contributed by atoms with E-state index in [-0.39, 0.29) is 28.6 Å². The van der Waals surface area contributed by atoms with Gasteiger partial charge in [0.25, 0.3) is 20.9 Å². The van der Waals surface area contributed by atoms with Crippen molar-refractivity contribution in [3.05, 3.63) is 73.5 Å². The van der Waals surface area contributed by atoms with Gasteiger partial charge in [0.05, 0.1) is 17.8 Å². The number of benzene rings is 2. The minimum Gasteiger partial charge on any atom is -0.504 e. The summed E-state index contributed by atoms with van der Waals surface area (Å²) in [6.07, 6.45) is 0. The monoisotopic (exact) mass is 465 g/mol. The van der Waals surface area contributed by atoms with Gasteiger partial charge in [0.1, 0.15) is 16.3 Å². The normalized spacial score (nSPS) is 11.7. The molecule has 0 saturated carbocycles. The SMILES string of the molecule is CCN(OC)S(=O)(=O)c1c(Cl)ccc(Nc2c(NCc3ccccc3)c(=O)c2=O)c1O. The number of hydroxylamine groups is 1. The van der Waals surface area contributed by atoms with Crippen LogP contribution in [0.2, 0.25) is 5.02 Å². The molecule has 0 unspecified atom stereocenters. The van der Waals surface area contributed by atoms with Gasteiger partial charge in [0, 0.05) is 13.1 Å². The van der Waals surface area contributed by atoms with Crippen molar-refractivity contribution in [3.8, 4) is 5.75 Å². The van der Waals surface area contributed by atoms with Crippen molar-refractivity contribution in [1.29, 1.82) is 0 Å². The maximum absolute atomic E-state index is 12.8. The Morgan fingerprint density at radius 3 is 2.32 bits per heavy atom. The Morgan fingerprint density at radius 2 is 1.71 bits per heavy atom. The highest BCUT2D eigenvalue weighted by atomic mass is 35.5. The van der Waals surface area contributed by atoms with Crippen molar-refractivity contribution in [1.82, 2.24) is 4.47 Å². The number of phenolic OH excluding ortho intramolecular Hbond substituents is 1. The van der Waals surface area contributed by atoms with Crippen LogP contribution < -0.4 is 21.5 Å². The van der Waals surface area contributed by atoms with Crippen LogP contribution in [0.4, 0.5) is 17.1 Å². The summed E-state index contributed by atoms with van der Waals surface area (Å²) in [4.78, 5) is 28.3. The quantitative estimate of drug-likeness (QED) is 0.250. The fourth-order valence-corrected chi connectivity index (χ4v) is 4.85. The Bertz CT molecular complexity index is 1270. The molecule has 0 saturated heterocycles. The minimum atomic E-state index is -4.29. The van der Waals surface area contributed by atoms with E-state index >= 15 is 0 Å². The number of nitrogens with zero attached hydrogens (tertiary/aromatic N) is 1. The van der Waals surface area contributed by atoms with E-state index in [1.807, 2.05) is 30.3 Å². The number of anilines is 3. The summed E-state index contributed by atoms with van der Waals surface area (Å²) in [5.74, 6) is -0.704. The molecule has 3 N–H and O–H groups in total. The second-order valence-electron chi connectivity index (χ2n) is 6.45. The number of hydrogen-bond acceptors (Lipinski definition) is 8. The highest BCUT2D eigenvalue weighted by molar-refractivity contribution is 7.89. The van der Waals surface area contributed by atoms with Crippen LogP contribution in [0.25, 0.3) is 0 Å². The second-order valence-corrected chi connectivity index (χ2v) is 8.62. The van der Waals surface area contributed by atoms with E-state index in [0.717, 1.165) is 5.56 Å². The Hall–Kier alpha value is -2.92. The van der Waals surface area contributed by atoms with Crippen LogP contribution in [0.1, 0.15) is 12.5 Å². The average Bonchev–Trinajstić information content (AvgIpc) is 2.75. The van der Waals surface area contributed by atoms with Gasteiger partial charge in [0.15, 0.2) is 5.75 Å². The predicted molar refractivity (Wildman–Crippen MR) is 118 cm³/mol. The highest BCUT2D eigenvalue weighted by Gasteiger charge is 2.31. The maximum atomic E-state index is 12.8. The van der Waals surface area contributed by atoms with E-state index in [1.54, 1.807) is 6.92 Å². The topological polar surface area (TPSA) is 125 Å². The largest absolute Gasteiger partial charge is 0.504 e. The zero-order chi connectivity index (χ0) is 22.8. The molecular weight excluding hydrogens is 446 g/mol. The van der Waals surface area contributed by atoms with Gasteiger partial charge in [-0.2, -0.15) is 0 Å². The van der Waals surface area contributed by atoms with E-state index < -0.39 is 31.5 Å². The lowest BCUT2D eigenvalue weighted by atomic mass is 10.1. The molecule has 9 nitrogen and oxygen atoms in total. The number of phenols is 1. The molecule has 3 aromatic carbocycles. The molecule has 0 spiro atoms. The molecule has 0 aliphatic heterocycles. The summed E-state index contributed by atoms with van der Waals surface area (Å²) in [6.45, 7) is 1.81. The fraction of sp³-hybridized carbons (Fsp3) is 0.200. The number of sulfonamides is 1. The Labute approximate surface area is 183 Å². The smallest absolute Gasteiger partial charge is 0.270 e. The molecule has 11 heteroatoms. The maximum Gasteiger partial charge on any atom is 0.270 e. The molecule has 0 radical (unpaired) electrons. The Morgan fingerprint density at radius 1 is 1.06 bits per heavy atom. The molecular formula is C20H20ClN3O6S. The summed E-state index contributed by atoms with van der Waals surface area (Å²) in [5.41, 5.74) is -0.758. The first-order valence-corrected chi connectivity index (χ1v) is 11.0. The Kier molecular flexibility index (Phi) is 6.65. The molecule has 0 aliphatic rings. The third kappa shape index (κ3) is 4.28. The molecule has 0 atom stereocenters. The van der Waals surface area contributed by atoms with Crippen LogP contribution in [-0.2, 0) is 21.4 Å². The van der Waals surface area contributed by atoms with Crippen LogP contribution in [0, 0.1) is 0 Å². The van der Waals surface area contributed by atoms with Crippen molar-refractivity contribution in [2.45, 2.75) is 18.4 Å². The van der Waals surface area contributed by atoms with E-state index in [1.165, 1.54) is 19.2 Å². The zero-order valence-electron chi connectivity index (χ0n) is 16.7. The van der Waals surface area contributed by atoms with Crippen LogP contribution in [0.5, 0.6) is 5.75 Å². The molecule has 31 heavy (non-hydrogen) atoms. The highest BCUT2D eigenvalue weighted by Crippen LogP contribution is 2.40. The van der Waals surface area contributed by atoms with Gasteiger partial charge in [-0.15, -0.1) is 0 Å². The van der Waals surface area contributed by atoms with Crippen molar-refractivity contribution >= 4 is 38.7 Å². The van der Waals surface area contributed by atoms with Gasteiger partial charge in [-0.25, -0.2) is 8.42 Å². The molecule has 0 bridgehead atoms. The number of nitrogens with one attached hydrogen (secondary N) is 2. The number of rotatable bonds is 9. The van der Waals surface area contributed by atoms with Crippen molar-refractivity contribution in [2.75, 3.05) is 24.3 Å². The lowest BCUT2D eigenvalue weighted by molar-refractivity contribution is -0.0443. The number of hydrogen-bond donors (Lipinski definition) is 3. The third-order valence-corrected chi connectivity index (χ3v) is 6.85. The molecule has 0 aliphatic carbocycles. The molecule has 0 heterocycles. The minimum absolute atomic E-state index is 0.0298. The van der Waals surface area contributed by atoms with E-state index in [2.05, 4.69) is 10.6 Å². The van der Waals surface area contributed by atoms with Crippen molar-refractivity contribution < 1.29 is 18.4 Å². The fourth-order valence-electron chi connectivity index (χ4n) is 2.99. The molecule has 164 valence electrons. The van der Waals surface area contributed by atoms with E-state index in [4.69, 9.17) is 16.4 Å². The van der Waals surface area contributed by atoms with Gasteiger partial charge < -0.3 is 15.7 Å². The lowest BCUT2D eigenvalue weighted by Crippen LogP contribution is -2.36. The first-order chi connectivity index (χ1) is 14.7. The molecule has 0 amide bonds. The lowest BCUT2D eigenvalue weighted by Gasteiger charge is -2.21. The molecule has 3 rings (SSSR count). The third-order valence-electron chi connectivity index (χ3n) is 4.55. The van der Waals surface area contributed by atoms with Gasteiger partial charge in [-0.1, -0.05) is 46.4 Å². The summed E-state index contributed by atoms with van der Waals surface area (Å²) >= 11 is 6.03. The summed E-state index contributed by atoms with van der Waals surface area (Å²) in [5, 5.41) is 15.9. The summed E-state index contributed by atoms with van der Waals surface area (Å²) in [7, 11) is -3.12. The van der Waals surface area contributed by atoms with Crippen molar-refractivity contribution in [3.63, 3.8) is 0 Å². The van der Waals surface area contributed by atoms with E-state index in [9.17, 15) is 23.1 Å². The van der Waals surface area contributed by atoms with Gasteiger partial charge in [-0.3, -0.25) is 14.4 Å². The second kappa shape index (κ2) is 9.06. The van der Waals surface area contributed by atoms with Gasteiger partial charge in [-0.05, 0) is 24.6 Å². The number of halogens is 1. The first-order valence-electron chi connectivity index (χ1n) is 9.18. The molecule has 3 aromatic rings. The van der Waals surface area contributed by atoms with Crippen LogP contribution in [0.15, 0.2) is 56.9 Å². The molecule has 0 aromatic heterocycles. The summed E-state index contributed by atoms with van der Waals surface area (Å²) < 4.78 is 26.2. The van der Waals surface area contributed by atoms with Gasteiger partial charge >= 0.3 is 0 Å². The molecule has 0 fully saturated rings. The van der Waals surface area contributed by atoms with Crippen molar-refractivity contribution in [2.24, 2.45) is 0 Å². The van der Waals surface area contributed by atoms with Crippen LogP contribution in [-0.4, -0.2) is 31.6 Å². The van der Waals surface area contributed by atoms with Crippen LogP contribution in [0.3, 0.4) is 0 Å². The van der Waals surface area contributed by atoms with E-state index in [0.29, 0.717) is 11.0 Å². The number of aromatic hydroxyl groups is 1. The first kappa shape index (κ1) is 22.8. The summed E-state index contributed by atoms with van der Waals surface area (Å²) in [6, 6.07) is 11.8. The zero-order valence-corrected chi connectivity index (χ0v) is 18.2. The Balaban J connectivity index is 1.94. The van der Waals surface area contributed by atoms with Gasteiger partial charge in [0.2, 0.25) is 0 Å².